The summed E-state index contributed by atoms with van der Waals surface area (Å²) in [6, 6.07) is 16.3. The number of methoxy groups -OCH3 is 1. The summed E-state index contributed by atoms with van der Waals surface area (Å²) in [5, 5.41) is 0. The Morgan fingerprint density at radius 1 is 1.15 bits per heavy atom. The van der Waals surface area contributed by atoms with Crippen LogP contribution in [0.25, 0.3) is 5.57 Å². The molecule has 0 N–H and O–H groups in total. The van der Waals surface area contributed by atoms with Gasteiger partial charge in [-0.1, -0.05) is 57.9 Å². The molecule has 20 heavy (non-hydrogen) atoms. The van der Waals surface area contributed by atoms with Gasteiger partial charge in [0, 0.05) is 12.7 Å². The molecule has 0 heterocycles. The van der Waals surface area contributed by atoms with E-state index in [0.717, 1.165) is 22.4 Å². The Bertz CT molecular complexity index is 591. The van der Waals surface area contributed by atoms with Crippen molar-refractivity contribution >= 4 is 21.5 Å². The van der Waals surface area contributed by atoms with E-state index in [0.29, 0.717) is 0 Å². The van der Waals surface area contributed by atoms with Crippen LogP contribution < -0.4 is 4.74 Å². The van der Waals surface area contributed by atoms with Crippen molar-refractivity contribution in [1.29, 1.82) is 0 Å². The molecule has 0 saturated heterocycles. The summed E-state index contributed by atoms with van der Waals surface area (Å²) in [4.78, 5) is 1.93. The van der Waals surface area contributed by atoms with Gasteiger partial charge in [0.15, 0.2) is 6.79 Å². The van der Waals surface area contributed by atoms with Crippen molar-refractivity contribution in [2.45, 2.75) is 6.92 Å². The Labute approximate surface area is 128 Å². The average molecular weight is 333 g/mol. The molecule has 0 bridgehead atoms. The monoisotopic (exact) mass is 332 g/mol. The van der Waals surface area contributed by atoms with Crippen LogP contribution in [0.1, 0.15) is 16.7 Å². The molecule has 2 rings (SSSR count). The lowest BCUT2D eigenvalue weighted by Crippen LogP contribution is -2.02. The maximum Gasteiger partial charge on any atom is 0.188 e. The van der Waals surface area contributed by atoms with E-state index in [1.165, 1.54) is 5.56 Å². The van der Waals surface area contributed by atoms with Gasteiger partial charge in [-0.25, -0.2) is 0 Å². The van der Waals surface area contributed by atoms with Gasteiger partial charge in [-0.05, 0) is 35.2 Å². The zero-order valence-electron chi connectivity index (χ0n) is 11.6. The van der Waals surface area contributed by atoms with Gasteiger partial charge >= 0.3 is 0 Å². The van der Waals surface area contributed by atoms with Crippen molar-refractivity contribution < 1.29 is 9.47 Å². The van der Waals surface area contributed by atoms with Crippen LogP contribution in [0.3, 0.4) is 0 Å². The fraction of sp³-hybridized carbons (Fsp3) is 0.176. The van der Waals surface area contributed by atoms with E-state index in [-0.39, 0.29) is 6.79 Å². The number of ether oxygens (including phenoxy) is 2. The normalized spacial score (nSPS) is 11.4. The predicted molar refractivity (Wildman–Crippen MR) is 86.1 cm³/mol. The summed E-state index contributed by atoms with van der Waals surface area (Å²) >= 11 is 3.47. The Morgan fingerprint density at radius 2 is 1.90 bits per heavy atom. The van der Waals surface area contributed by atoms with Crippen LogP contribution in [0.4, 0.5) is 0 Å². The van der Waals surface area contributed by atoms with E-state index in [4.69, 9.17) is 9.47 Å². The highest BCUT2D eigenvalue weighted by molar-refractivity contribution is 9.11. The van der Waals surface area contributed by atoms with Gasteiger partial charge in [-0.3, -0.25) is 0 Å². The fourth-order valence-electron chi connectivity index (χ4n) is 2.00. The Hall–Kier alpha value is -1.58. The maximum absolute atomic E-state index is 5.66. The Kier molecular flexibility index (Phi) is 5.39. The minimum absolute atomic E-state index is 0.237. The Balaban J connectivity index is 2.46. The number of hydrogen-bond acceptors (Lipinski definition) is 2. The van der Waals surface area contributed by atoms with E-state index in [2.05, 4.69) is 41.1 Å². The molecular formula is C17H17BrO2. The second-order valence-corrected chi connectivity index (χ2v) is 4.90. The number of halogens is 1. The van der Waals surface area contributed by atoms with Crippen LogP contribution >= 0.6 is 15.9 Å². The molecule has 0 aliphatic carbocycles. The van der Waals surface area contributed by atoms with E-state index in [9.17, 15) is 0 Å². The van der Waals surface area contributed by atoms with Crippen molar-refractivity contribution in [3.8, 4) is 5.75 Å². The van der Waals surface area contributed by atoms with E-state index < -0.39 is 0 Å². The summed E-state index contributed by atoms with van der Waals surface area (Å²) in [5.74, 6) is 0.812. The van der Waals surface area contributed by atoms with Gasteiger partial charge in [-0.15, -0.1) is 0 Å². The molecule has 0 unspecified atom stereocenters. The smallest absolute Gasteiger partial charge is 0.188 e. The fourth-order valence-corrected chi connectivity index (χ4v) is 2.51. The molecule has 2 aromatic carbocycles. The van der Waals surface area contributed by atoms with Crippen molar-refractivity contribution in [2.24, 2.45) is 0 Å². The molecule has 0 fully saturated rings. The van der Waals surface area contributed by atoms with Crippen LogP contribution in [0.15, 0.2) is 53.5 Å². The number of hydrogen-bond donors (Lipinski definition) is 0. The van der Waals surface area contributed by atoms with Crippen LogP contribution in [0.2, 0.25) is 0 Å². The zero-order chi connectivity index (χ0) is 14.4. The van der Waals surface area contributed by atoms with Crippen molar-refractivity contribution in [1.82, 2.24) is 0 Å². The summed E-state index contributed by atoms with van der Waals surface area (Å²) < 4.78 is 10.7. The van der Waals surface area contributed by atoms with E-state index in [1.54, 1.807) is 7.11 Å². The molecule has 104 valence electrons. The third kappa shape index (κ3) is 3.50. The Morgan fingerprint density at radius 3 is 2.55 bits per heavy atom. The molecule has 0 spiro atoms. The number of benzene rings is 2. The first kappa shape index (κ1) is 14.8. The van der Waals surface area contributed by atoms with E-state index in [1.807, 2.05) is 35.3 Å². The van der Waals surface area contributed by atoms with Gasteiger partial charge < -0.3 is 9.47 Å². The molecule has 0 saturated carbocycles. The van der Waals surface area contributed by atoms with Gasteiger partial charge in [-0.2, -0.15) is 0 Å². The largest absolute Gasteiger partial charge is 0.467 e. The summed E-state index contributed by atoms with van der Waals surface area (Å²) in [7, 11) is 1.62. The number of aryl methyl sites for hydroxylation is 1. The molecule has 0 aliphatic heterocycles. The van der Waals surface area contributed by atoms with Crippen molar-refractivity contribution in [3.63, 3.8) is 0 Å². The lowest BCUT2D eigenvalue weighted by Gasteiger charge is -2.14. The van der Waals surface area contributed by atoms with Crippen LogP contribution in [-0.4, -0.2) is 13.9 Å². The van der Waals surface area contributed by atoms with Gasteiger partial charge in [0.1, 0.15) is 5.75 Å². The second kappa shape index (κ2) is 7.27. The molecule has 0 radical (unpaired) electrons. The lowest BCUT2D eigenvalue weighted by molar-refractivity contribution is 0.0509. The molecule has 2 aromatic rings. The number of rotatable bonds is 5. The van der Waals surface area contributed by atoms with Crippen LogP contribution in [0, 0.1) is 6.92 Å². The third-order valence-corrected chi connectivity index (χ3v) is 3.41. The van der Waals surface area contributed by atoms with Crippen LogP contribution in [-0.2, 0) is 4.74 Å². The van der Waals surface area contributed by atoms with Crippen LogP contribution in [0.5, 0.6) is 5.75 Å². The quantitative estimate of drug-likeness (QED) is 0.735. The first-order valence-corrected chi connectivity index (χ1v) is 7.26. The summed E-state index contributed by atoms with van der Waals surface area (Å²) in [6.45, 7) is 2.31. The van der Waals surface area contributed by atoms with E-state index >= 15 is 0 Å². The van der Waals surface area contributed by atoms with Gasteiger partial charge in [0.25, 0.3) is 0 Å². The standard InChI is InChI=1S/C17H17BrO2/c1-13-8-9-17(20-12-19-2)15(10-13)16(11-18)14-6-4-3-5-7-14/h3-11H,12H2,1-2H3/b16-11+. The lowest BCUT2D eigenvalue weighted by atomic mass is 9.97. The van der Waals surface area contributed by atoms with Crippen molar-refractivity contribution in [3.05, 3.63) is 70.2 Å². The molecule has 0 amide bonds. The highest BCUT2D eigenvalue weighted by Crippen LogP contribution is 2.32. The summed E-state index contributed by atoms with van der Waals surface area (Å²) in [6.07, 6.45) is 0. The SMILES string of the molecule is COCOc1ccc(C)cc1/C(=C/Br)c1ccccc1. The molecule has 2 nitrogen and oxygen atoms in total. The second-order valence-electron chi connectivity index (χ2n) is 4.44. The first-order valence-electron chi connectivity index (χ1n) is 6.35. The molecular weight excluding hydrogens is 316 g/mol. The van der Waals surface area contributed by atoms with Gasteiger partial charge in [0.2, 0.25) is 0 Å². The third-order valence-electron chi connectivity index (χ3n) is 2.95. The molecule has 0 atom stereocenters. The molecule has 3 heteroatoms. The molecule has 0 aromatic heterocycles. The first-order chi connectivity index (χ1) is 9.76. The minimum atomic E-state index is 0.237. The highest BCUT2D eigenvalue weighted by Gasteiger charge is 2.11. The predicted octanol–water partition coefficient (Wildman–Crippen LogP) is 4.76. The zero-order valence-corrected chi connectivity index (χ0v) is 13.2. The topological polar surface area (TPSA) is 18.5 Å². The van der Waals surface area contributed by atoms with Crippen molar-refractivity contribution in [2.75, 3.05) is 13.9 Å². The minimum Gasteiger partial charge on any atom is -0.467 e. The summed E-state index contributed by atoms with van der Waals surface area (Å²) in [5.41, 5.74) is 4.45. The highest BCUT2D eigenvalue weighted by atomic mass is 79.9. The van der Waals surface area contributed by atoms with Gasteiger partial charge in [0.05, 0.1) is 0 Å². The maximum atomic E-state index is 5.66. The molecule has 0 aliphatic rings. The average Bonchev–Trinajstić information content (AvgIpc) is 2.48.